The van der Waals surface area contributed by atoms with Crippen LogP contribution in [0.15, 0.2) is 95.1 Å². The number of benzene rings is 2. The highest BCUT2D eigenvalue weighted by Gasteiger charge is 2.87. The van der Waals surface area contributed by atoms with Crippen LogP contribution in [0.25, 0.3) is 9.81 Å². The lowest BCUT2D eigenvalue weighted by atomic mass is 9.74. The van der Waals surface area contributed by atoms with Gasteiger partial charge in [-0.25, -0.2) is 8.42 Å². The average molecular weight is 639 g/mol. The summed E-state index contributed by atoms with van der Waals surface area (Å²) in [7, 11) is -7.98. The molecule has 0 bridgehead atoms. The highest BCUT2D eigenvalue weighted by molar-refractivity contribution is 8.12. The van der Waals surface area contributed by atoms with Crippen molar-refractivity contribution in [2.75, 3.05) is 0 Å². The molecule has 2 atom stereocenters. The molecule has 2 aromatic rings. The van der Waals surface area contributed by atoms with Gasteiger partial charge in [0.1, 0.15) is 4.37 Å². The summed E-state index contributed by atoms with van der Waals surface area (Å²) >= 11 is 1.04. The summed E-state index contributed by atoms with van der Waals surface area (Å²) in [6, 6.07) is 16.4. The second-order valence-electron chi connectivity index (χ2n) is 12.2. The minimum atomic E-state index is -5.76. The van der Waals surface area contributed by atoms with Gasteiger partial charge in [0.05, 0.1) is 17.7 Å². The van der Waals surface area contributed by atoms with Crippen LogP contribution in [0, 0.1) is 0 Å². The van der Waals surface area contributed by atoms with E-state index in [0.29, 0.717) is 16.9 Å². The molecule has 42 heavy (non-hydrogen) atoms. The maximum absolute atomic E-state index is 16.0. The fourth-order valence-corrected chi connectivity index (χ4v) is 18.8. The lowest BCUT2D eigenvalue weighted by Gasteiger charge is -2.56. The van der Waals surface area contributed by atoms with Gasteiger partial charge < -0.3 is 0 Å². The zero-order chi connectivity index (χ0) is 30.7. The number of allylic oxidation sites excluding steroid dienone is 4. The van der Waals surface area contributed by atoms with Gasteiger partial charge in [-0.1, -0.05) is 93.6 Å². The number of halogens is 6. The Bertz CT molecular complexity index is 1740. The molecule has 6 rings (SSSR count). The molecule has 4 aliphatic rings. The molecule has 11 heteroatoms. The minimum absolute atomic E-state index is 0.00720. The second-order valence-corrected chi connectivity index (χ2v) is 21.2. The first-order chi connectivity index (χ1) is 19.4. The molecule has 1 fully saturated rings. The maximum atomic E-state index is 16.0. The Morgan fingerprint density at radius 1 is 0.738 bits per heavy atom. The van der Waals surface area contributed by atoms with Crippen LogP contribution >= 0.6 is 11.8 Å². The second kappa shape index (κ2) is 8.78. The molecule has 2 nitrogen and oxygen atoms in total. The Morgan fingerprint density at radius 2 is 1.24 bits per heavy atom. The quantitative estimate of drug-likeness (QED) is 0.242. The first-order valence-electron chi connectivity index (χ1n) is 13.6. The van der Waals surface area contributed by atoms with E-state index < -0.39 is 67.1 Å². The van der Waals surface area contributed by atoms with E-state index in [1.54, 1.807) is 75.1 Å². The number of thioether (sulfide) groups is 1. The summed E-state index contributed by atoms with van der Waals surface area (Å²) in [5.74, 6) is -16.3. The smallest absolute Gasteiger partial charge is 0.223 e. The van der Waals surface area contributed by atoms with E-state index in [2.05, 4.69) is 0 Å². The van der Waals surface area contributed by atoms with E-state index >= 15 is 34.8 Å². The van der Waals surface area contributed by atoms with Gasteiger partial charge in [0.25, 0.3) is 0 Å². The van der Waals surface area contributed by atoms with Crippen LogP contribution in [0.1, 0.15) is 30.9 Å². The van der Waals surface area contributed by atoms with Crippen LogP contribution in [-0.4, -0.2) is 43.4 Å². The van der Waals surface area contributed by atoms with Gasteiger partial charge in [-0.05, 0) is 40.8 Å². The normalized spacial score (nSPS) is 30.0. The highest BCUT2D eigenvalue weighted by atomic mass is 32.2. The van der Waals surface area contributed by atoms with Crippen molar-refractivity contribution < 1.29 is 34.8 Å². The third kappa shape index (κ3) is 3.17. The summed E-state index contributed by atoms with van der Waals surface area (Å²) in [5.41, 5.74) is -3.27. The number of sulfone groups is 1. The standard InChI is InChI=1S/C31H28F6O2S2Si/c1-5-16-27-21(17-23(40-27)19-12-8-6-9-13-19)25-26(29(34,35)31(36,37)28(25,32)33)22-18-24(20-14-10-7-11-15-20)41(38,39)30(22,27)42(2,3)4/h6-15,17-18H,5,16H2,1-4H3. The van der Waals surface area contributed by atoms with Crippen molar-refractivity contribution in [3.05, 3.63) is 106 Å². The summed E-state index contributed by atoms with van der Waals surface area (Å²) in [4.78, 5) is 0.0645. The molecule has 2 aliphatic carbocycles. The predicted octanol–water partition coefficient (Wildman–Crippen LogP) is 8.93. The molecule has 2 heterocycles. The number of hydrogen-bond acceptors (Lipinski definition) is 3. The molecular weight excluding hydrogens is 611 g/mol. The van der Waals surface area contributed by atoms with Crippen molar-refractivity contribution in [1.82, 2.24) is 0 Å². The summed E-state index contributed by atoms with van der Waals surface area (Å²) in [5, 5.41) is 0. The van der Waals surface area contributed by atoms with E-state index in [9.17, 15) is 0 Å². The van der Waals surface area contributed by atoms with Gasteiger partial charge >= 0.3 is 17.8 Å². The van der Waals surface area contributed by atoms with E-state index in [-0.39, 0.29) is 16.9 Å². The maximum Gasteiger partial charge on any atom is 0.380 e. The topological polar surface area (TPSA) is 34.1 Å². The van der Waals surface area contributed by atoms with Crippen molar-refractivity contribution >= 4 is 39.5 Å². The monoisotopic (exact) mass is 638 g/mol. The number of rotatable bonds is 5. The number of fused-ring (bicyclic) bond motifs is 4. The van der Waals surface area contributed by atoms with Crippen LogP contribution in [-0.2, 0) is 9.84 Å². The van der Waals surface area contributed by atoms with Crippen LogP contribution in [0.4, 0.5) is 26.3 Å². The largest absolute Gasteiger partial charge is 0.380 e. The van der Waals surface area contributed by atoms with Crippen LogP contribution in [0.5, 0.6) is 0 Å². The Balaban J connectivity index is 1.86. The molecule has 2 aliphatic heterocycles. The predicted molar refractivity (Wildman–Crippen MR) is 158 cm³/mol. The molecule has 0 radical (unpaired) electrons. The first-order valence-corrected chi connectivity index (χ1v) is 19.4. The van der Waals surface area contributed by atoms with Crippen LogP contribution in [0.2, 0.25) is 19.6 Å². The van der Waals surface area contributed by atoms with E-state index in [4.69, 9.17) is 0 Å². The molecule has 0 aromatic heterocycles. The van der Waals surface area contributed by atoms with E-state index in [1.165, 1.54) is 18.2 Å². The zero-order valence-corrected chi connectivity index (χ0v) is 25.9. The third-order valence-corrected chi connectivity index (χ3v) is 18.6. The minimum Gasteiger partial charge on any atom is -0.223 e. The van der Waals surface area contributed by atoms with Gasteiger partial charge in [-0.2, -0.15) is 26.3 Å². The van der Waals surface area contributed by atoms with Crippen molar-refractivity contribution in [1.29, 1.82) is 0 Å². The van der Waals surface area contributed by atoms with Crippen molar-refractivity contribution in [3.63, 3.8) is 0 Å². The number of alkyl halides is 6. The SMILES string of the molecule is CCCC12SC(c3ccccc3)=CC1=C1C(=C3C=C(c4ccccc4)S(=O)(=O)C32[Si](C)(C)C)C(F)(F)C(F)(F)C1(F)F. The summed E-state index contributed by atoms with van der Waals surface area (Å²) < 4.78 is 121. The molecule has 2 aromatic carbocycles. The molecule has 0 saturated heterocycles. The summed E-state index contributed by atoms with van der Waals surface area (Å²) in [6.07, 6.45) is 2.56. The van der Waals surface area contributed by atoms with E-state index in [1.807, 2.05) is 0 Å². The lowest BCUT2D eigenvalue weighted by molar-refractivity contribution is -0.258. The Morgan fingerprint density at radius 3 is 1.74 bits per heavy atom. The van der Waals surface area contributed by atoms with Crippen LogP contribution in [0.3, 0.4) is 0 Å². The number of hydrogen-bond donors (Lipinski definition) is 0. The van der Waals surface area contributed by atoms with Gasteiger partial charge in [0, 0.05) is 16.1 Å². The molecule has 0 N–H and O–H groups in total. The third-order valence-electron chi connectivity index (χ3n) is 8.89. The first kappa shape index (κ1) is 29.6. The van der Waals surface area contributed by atoms with Gasteiger partial charge in [0.2, 0.25) is 0 Å². The molecule has 222 valence electrons. The molecule has 0 spiro atoms. The van der Waals surface area contributed by atoms with Gasteiger partial charge in [-0.15, -0.1) is 11.8 Å². The zero-order valence-electron chi connectivity index (χ0n) is 23.2. The molecule has 1 saturated carbocycles. The molecule has 0 amide bonds. The Kier molecular flexibility index (Phi) is 6.18. The molecule has 2 unspecified atom stereocenters. The van der Waals surface area contributed by atoms with Crippen molar-refractivity contribution in [3.8, 4) is 0 Å². The fourth-order valence-electron chi connectivity index (χ4n) is 7.50. The molecular formula is C31H28F6O2S2Si. The van der Waals surface area contributed by atoms with Gasteiger partial charge in [0.15, 0.2) is 9.84 Å². The fraction of sp³-hybridized carbons (Fsp3) is 0.355. The summed E-state index contributed by atoms with van der Waals surface area (Å²) in [6.45, 7) is 6.82. The van der Waals surface area contributed by atoms with Crippen LogP contribution < -0.4 is 0 Å². The Labute approximate surface area is 246 Å². The highest BCUT2D eigenvalue weighted by Crippen LogP contribution is 2.76. The van der Waals surface area contributed by atoms with Gasteiger partial charge in [-0.3, -0.25) is 0 Å². The van der Waals surface area contributed by atoms with E-state index in [0.717, 1.165) is 17.8 Å². The Hall–Kier alpha value is -2.50. The van der Waals surface area contributed by atoms with Crippen molar-refractivity contribution in [2.45, 2.75) is 66.3 Å². The average Bonchev–Trinajstić information content (AvgIpc) is 3.45. The lowest BCUT2D eigenvalue weighted by Crippen LogP contribution is -2.70. The van der Waals surface area contributed by atoms with Crippen molar-refractivity contribution in [2.24, 2.45) is 0 Å².